The van der Waals surface area contributed by atoms with Crippen molar-refractivity contribution >= 4 is 22.5 Å². The fraction of sp³-hybridized carbons (Fsp3) is 0.0811. The molecule has 2 aromatic heterocycles. The van der Waals surface area contributed by atoms with Crippen molar-refractivity contribution in [2.24, 2.45) is 0 Å². The molecule has 0 spiro atoms. The topological polar surface area (TPSA) is 31.9 Å². The van der Waals surface area contributed by atoms with Crippen LogP contribution in [0, 0.1) is 43.1 Å². The molecular formula is C37H37HfN3. The fourth-order valence-electron chi connectivity index (χ4n) is 5.08. The Labute approximate surface area is 265 Å². The number of pyridine rings is 1. The van der Waals surface area contributed by atoms with E-state index >= 15 is 0 Å². The van der Waals surface area contributed by atoms with Gasteiger partial charge in [-0.15, -0.1) is 0 Å². The smallest absolute Gasteiger partial charge is 0.436 e. The average Bonchev–Trinajstić information content (AvgIpc) is 3.35. The molecule has 0 unspecified atom stereocenters. The van der Waals surface area contributed by atoms with Gasteiger partial charge in [-0.2, -0.15) is 0 Å². The molecule has 204 valence electrons. The first kappa shape index (κ1) is 33.4. The van der Waals surface area contributed by atoms with Crippen LogP contribution in [0.2, 0.25) is 0 Å². The van der Waals surface area contributed by atoms with Crippen LogP contribution in [-0.2, 0) is 25.8 Å². The Hall–Kier alpha value is -3.76. The van der Waals surface area contributed by atoms with Gasteiger partial charge in [0.15, 0.2) is 0 Å². The zero-order valence-electron chi connectivity index (χ0n) is 24.8. The van der Waals surface area contributed by atoms with Crippen molar-refractivity contribution in [3.8, 4) is 27.9 Å². The number of rotatable bonds is 5. The molecule has 0 aliphatic rings. The predicted molar refractivity (Wildman–Crippen MR) is 175 cm³/mol. The monoisotopic (exact) mass is 703 g/mol. The number of fused-ring (bicyclic) bond motifs is 1. The van der Waals surface area contributed by atoms with E-state index in [0.717, 1.165) is 33.5 Å². The quantitative estimate of drug-likeness (QED) is 0.130. The minimum Gasteiger partial charge on any atom is -0.436 e. The van der Waals surface area contributed by atoms with Crippen molar-refractivity contribution < 1.29 is 25.8 Å². The second-order valence-electron chi connectivity index (χ2n) is 9.63. The van der Waals surface area contributed by atoms with Crippen LogP contribution in [0.25, 0.3) is 44.3 Å². The fourth-order valence-corrected chi connectivity index (χ4v) is 5.08. The zero-order valence-corrected chi connectivity index (χ0v) is 28.4. The van der Waals surface area contributed by atoms with E-state index in [1.54, 1.807) is 0 Å². The van der Waals surface area contributed by atoms with E-state index in [4.69, 9.17) is 10.3 Å². The maximum Gasteiger partial charge on any atom is 4.00 e. The van der Waals surface area contributed by atoms with Crippen LogP contribution in [0.3, 0.4) is 0 Å². The van der Waals surface area contributed by atoms with Crippen LogP contribution in [-0.4, -0.2) is 9.55 Å². The second kappa shape index (κ2) is 14.2. The molecular weight excluding hydrogens is 665 g/mol. The van der Waals surface area contributed by atoms with Gasteiger partial charge in [-0.25, -0.2) is 0 Å². The van der Waals surface area contributed by atoms with Gasteiger partial charge in [0.1, 0.15) is 0 Å². The standard InChI is InChI=1S/C34H28N3.3CH3.Hf/c1-23-18-24(2)33(25(3)19-23)35-32-15-14-28-16-17-37(34(28)36-32)31-21-29(26-10-6-4-7-11-26)20-30(22-31)27-12-8-5-9-13-27;;;;/h4-22H,1-3H3;3*1H3;/q4*-1;+4. The summed E-state index contributed by atoms with van der Waals surface area (Å²) in [5.41, 5.74) is 11.3. The summed E-state index contributed by atoms with van der Waals surface area (Å²) < 4.78 is 2.17. The molecule has 4 aromatic carbocycles. The van der Waals surface area contributed by atoms with Gasteiger partial charge in [-0.1, -0.05) is 96.3 Å². The SMILES string of the molecule is Cc1cc(C)c([N-]c2ccc3ccn(-c4cc(-c5ccccc5)cc(-c5ccccc5)c4)c3n2)c(C)c1.[CH3-].[CH3-].[CH3-].[Hf+4]. The van der Waals surface area contributed by atoms with Crippen LogP contribution in [0.1, 0.15) is 16.7 Å². The van der Waals surface area contributed by atoms with E-state index < -0.39 is 0 Å². The Kier molecular flexibility index (Phi) is 11.6. The molecule has 0 aliphatic heterocycles. The van der Waals surface area contributed by atoms with Gasteiger partial charge in [0.2, 0.25) is 0 Å². The molecule has 41 heavy (non-hydrogen) atoms. The number of hydrogen-bond donors (Lipinski definition) is 0. The third-order valence-electron chi connectivity index (χ3n) is 6.79. The van der Waals surface area contributed by atoms with Crippen molar-refractivity contribution in [1.29, 1.82) is 0 Å². The van der Waals surface area contributed by atoms with Crippen molar-refractivity contribution in [3.05, 3.63) is 160 Å². The van der Waals surface area contributed by atoms with Crippen LogP contribution in [0.15, 0.2) is 115 Å². The van der Waals surface area contributed by atoms with Gasteiger partial charge in [0.05, 0.1) is 0 Å². The van der Waals surface area contributed by atoms with Crippen molar-refractivity contribution in [1.82, 2.24) is 9.55 Å². The van der Waals surface area contributed by atoms with Gasteiger partial charge in [0, 0.05) is 17.5 Å². The van der Waals surface area contributed by atoms with Gasteiger partial charge in [-0.3, -0.25) is 0 Å². The molecule has 0 radical (unpaired) electrons. The van der Waals surface area contributed by atoms with E-state index in [-0.39, 0.29) is 48.1 Å². The summed E-state index contributed by atoms with van der Waals surface area (Å²) in [6.45, 7) is 6.34. The molecule has 6 aromatic rings. The first-order valence-electron chi connectivity index (χ1n) is 12.6. The first-order chi connectivity index (χ1) is 18.0. The van der Waals surface area contributed by atoms with Crippen LogP contribution in [0.5, 0.6) is 0 Å². The molecule has 4 heteroatoms. The van der Waals surface area contributed by atoms with E-state index in [1.165, 1.54) is 27.8 Å². The molecule has 6 rings (SSSR count). The molecule has 0 atom stereocenters. The number of aryl methyl sites for hydroxylation is 3. The third-order valence-corrected chi connectivity index (χ3v) is 6.79. The van der Waals surface area contributed by atoms with Gasteiger partial charge >= 0.3 is 25.8 Å². The maximum absolute atomic E-state index is 5.01. The first-order valence-corrected chi connectivity index (χ1v) is 12.6. The molecule has 0 aliphatic carbocycles. The largest absolute Gasteiger partial charge is 4.00 e. The Balaban J connectivity index is 0.00000147. The number of hydrogen-bond acceptors (Lipinski definition) is 1. The van der Waals surface area contributed by atoms with Crippen molar-refractivity contribution in [2.45, 2.75) is 20.8 Å². The van der Waals surface area contributed by atoms with Gasteiger partial charge in [0.25, 0.3) is 0 Å². The number of benzene rings is 4. The molecule has 0 fully saturated rings. The van der Waals surface area contributed by atoms with Crippen molar-refractivity contribution in [2.75, 3.05) is 0 Å². The number of nitrogens with zero attached hydrogens (tertiary/aromatic N) is 3. The Bertz CT molecular complexity index is 1640. The predicted octanol–water partition coefficient (Wildman–Crippen LogP) is 11.0. The number of aromatic nitrogens is 2. The van der Waals surface area contributed by atoms with Crippen molar-refractivity contribution in [3.63, 3.8) is 0 Å². The molecule has 0 saturated heterocycles. The maximum atomic E-state index is 5.01. The van der Waals surface area contributed by atoms with Crippen LogP contribution in [0.4, 0.5) is 11.5 Å². The van der Waals surface area contributed by atoms with E-state index in [1.807, 2.05) is 6.07 Å². The Morgan fingerprint density at radius 2 is 1.12 bits per heavy atom. The molecule has 0 amide bonds. The molecule has 3 nitrogen and oxygen atoms in total. The minimum absolute atomic E-state index is 0. The normalized spacial score (nSPS) is 10.0. The summed E-state index contributed by atoms with van der Waals surface area (Å²) in [5.74, 6) is 0.713. The van der Waals surface area contributed by atoms with E-state index in [2.05, 4.69) is 135 Å². The zero-order chi connectivity index (χ0) is 25.4. The van der Waals surface area contributed by atoms with Crippen LogP contribution >= 0.6 is 0 Å². The van der Waals surface area contributed by atoms with E-state index in [0.29, 0.717) is 5.82 Å². The molecule has 2 heterocycles. The van der Waals surface area contributed by atoms with Gasteiger partial charge in [-0.05, 0) is 89.5 Å². The van der Waals surface area contributed by atoms with Crippen LogP contribution < -0.4 is 0 Å². The molecule has 0 saturated carbocycles. The summed E-state index contributed by atoms with van der Waals surface area (Å²) in [7, 11) is 0. The summed E-state index contributed by atoms with van der Waals surface area (Å²) in [5, 5.41) is 6.04. The molecule has 0 bridgehead atoms. The van der Waals surface area contributed by atoms with Gasteiger partial charge < -0.3 is 37.1 Å². The second-order valence-corrected chi connectivity index (χ2v) is 9.63. The summed E-state index contributed by atoms with van der Waals surface area (Å²) in [6.07, 6.45) is 2.10. The average molecular weight is 702 g/mol. The summed E-state index contributed by atoms with van der Waals surface area (Å²) in [6, 6.07) is 38.4. The van der Waals surface area contributed by atoms with E-state index in [9.17, 15) is 0 Å². The Morgan fingerprint density at radius 3 is 1.66 bits per heavy atom. The Morgan fingerprint density at radius 1 is 0.585 bits per heavy atom. The third kappa shape index (κ3) is 6.94. The minimum atomic E-state index is 0. The summed E-state index contributed by atoms with van der Waals surface area (Å²) in [4.78, 5) is 5.01. The summed E-state index contributed by atoms with van der Waals surface area (Å²) >= 11 is 0. The molecule has 0 N–H and O–H groups in total.